The lowest BCUT2D eigenvalue weighted by molar-refractivity contribution is -0.122. The average molecular weight is 352 g/mol. The second-order valence-electron chi connectivity index (χ2n) is 5.79. The van der Waals surface area contributed by atoms with Gasteiger partial charge in [-0.3, -0.25) is 9.59 Å². The van der Waals surface area contributed by atoms with Crippen LogP contribution in [0.5, 0.6) is 5.75 Å². The second kappa shape index (κ2) is 9.42. The third kappa shape index (κ3) is 5.21. The van der Waals surface area contributed by atoms with Crippen LogP contribution in [0.3, 0.4) is 0 Å². The summed E-state index contributed by atoms with van der Waals surface area (Å²) in [4.78, 5) is 24.6. The summed E-state index contributed by atoms with van der Waals surface area (Å²) < 4.78 is 5.69. The topological polar surface area (TPSA) is 67.4 Å². The maximum Gasteiger partial charge on any atom is 0.265 e. The van der Waals surface area contributed by atoms with Gasteiger partial charge in [0.15, 0.2) is 6.10 Å². The van der Waals surface area contributed by atoms with Crippen LogP contribution < -0.4 is 15.4 Å². The lowest BCUT2D eigenvalue weighted by atomic mass is 10.1. The fourth-order valence-electron chi connectivity index (χ4n) is 2.35. The summed E-state index contributed by atoms with van der Waals surface area (Å²) in [5.41, 5.74) is 2.03. The average Bonchev–Trinajstić information content (AvgIpc) is 2.67. The van der Waals surface area contributed by atoms with Gasteiger partial charge in [0.25, 0.3) is 11.8 Å². The van der Waals surface area contributed by atoms with Gasteiger partial charge in [0, 0.05) is 6.54 Å². The minimum absolute atomic E-state index is 0.274. The van der Waals surface area contributed by atoms with Crippen LogP contribution in [-0.2, 0) is 11.2 Å². The fraction of sp³-hybridized carbons (Fsp3) is 0.238. The Morgan fingerprint density at radius 3 is 2.50 bits per heavy atom. The van der Waals surface area contributed by atoms with E-state index in [9.17, 15) is 9.59 Å². The summed E-state index contributed by atoms with van der Waals surface area (Å²) in [6.45, 7) is 7.67. The van der Waals surface area contributed by atoms with Crippen LogP contribution in [0.1, 0.15) is 29.8 Å². The highest BCUT2D eigenvalue weighted by molar-refractivity contribution is 6.04. The van der Waals surface area contributed by atoms with Crippen molar-refractivity contribution in [2.45, 2.75) is 26.4 Å². The molecular weight excluding hydrogens is 328 g/mol. The SMILES string of the molecule is C=CCNC(=O)c1ccccc1NC(=O)[C@H](C)Oc1ccc(CC)cc1. The van der Waals surface area contributed by atoms with Crippen LogP contribution in [0.4, 0.5) is 5.69 Å². The number of nitrogens with one attached hydrogen (secondary N) is 2. The number of aryl methyl sites for hydroxylation is 1. The number of hydrogen-bond donors (Lipinski definition) is 2. The summed E-state index contributed by atoms with van der Waals surface area (Å²) in [6.07, 6.45) is 1.84. The van der Waals surface area contributed by atoms with Crippen LogP contribution >= 0.6 is 0 Å². The summed E-state index contributed by atoms with van der Waals surface area (Å²) >= 11 is 0. The monoisotopic (exact) mass is 352 g/mol. The Labute approximate surface area is 154 Å². The fourth-order valence-corrected chi connectivity index (χ4v) is 2.35. The molecule has 0 aromatic heterocycles. The highest BCUT2D eigenvalue weighted by Crippen LogP contribution is 2.18. The molecule has 2 N–H and O–H groups in total. The van der Waals surface area contributed by atoms with Crippen molar-refractivity contribution in [3.63, 3.8) is 0 Å². The molecule has 0 aliphatic carbocycles. The van der Waals surface area contributed by atoms with E-state index in [0.717, 1.165) is 6.42 Å². The van der Waals surface area contributed by atoms with E-state index in [2.05, 4.69) is 24.1 Å². The Hall–Kier alpha value is -3.08. The second-order valence-corrected chi connectivity index (χ2v) is 5.79. The van der Waals surface area contributed by atoms with E-state index in [0.29, 0.717) is 23.5 Å². The Balaban J connectivity index is 2.04. The van der Waals surface area contributed by atoms with Crippen LogP contribution in [0.2, 0.25) is 0 Å². The van der Waals surface area contributed by atoms with Crippen molar-refractivity contribution < 1.29 is 14.3 Å². The molecule has 2 rings (SSSR count). The molecular formula is C21H24N2O3. The minimum atomic E-state index is -0.702. The Morgan fingerprint density at radius 2 is 1.85 bits per heavy atom. The van der Waals surface area contributed by atoms with Gasteiger partial charge in [-0.05, 0) is 43.2 Å². The van der Waals surface area contributed by atoms with Gasteiger partial charge in [-0.2, -0.15) is 0 Å². The largest absolute Gasteiger partial charge is 0.481 e. The van der Waals surface area contributed by atoms with Crippen molar-refractivity contribution in [1.82, 2.24) is 5.32 Å². The molecule has 5 nitrogen and oxygen atoms in total. The maximum atomic E-state index is 12.4. The quantitative estimate of drug-likeness (QED) is 0.714. The molecule has 0 fully saturated rings. The molecule has 136 valence electrons. The molecule has 0 radical (unpaired) electrons. The van der Waals surface area contributed by atoms with Gasteiger partial charge >= 0.3 is 0 Å². The predicted molar refractivity (Wildman–Crippen MR) is 104 cm³/mol. The van der Waals surface area contributed by atoms with Crippen molar-refractivity contribution in [1.29, 1.82) is 0 Å². The number of rotatable bonds is 8. The smallest absolute Gasteiger partial charge is 0.265 e. The van der Waals surface area contributed by atoms with E-state index in [4.69, 9.17) is 4.74 Å². The molecule has 5 heteroatoms. The van der Waals surface area contributed by atoms with Crippen LogP contribution in [0.25, 0.3) is 0 Å². The van der Waals surface area contributed by atoms with E-state index in [1.165, 1.54) is 5.56 Å². The van der Waals surface area contributed by atoms with E-state index in [-0.39, 0.29) is 11.8 Å². The third-order valence-corrected chi connectivity index (χ3v) is 3.85. The highest BCUT2D eigenvalue weighted by atomic mass is 16.5. The first-order chi connectivity index (χ1) is 12.5. The van der Waals surface area contributed by atoms with Gasteiger partial charge in [0.1, 0.15) is 5.75 Å². The highest BCUT2D eigenvalue weighted by Gasteiger charge is 2.18. The van der Waals surface area contributed by atoms with Crippen molar-refractivity contribution in [2.24, 2.45) is 0 Å². The number of hydrogen-bond acceptors (Lipinski definition) is 3. The Kier molecular flexibility index (Phi) is 6.97. The van der Waals surface area contributed by atoms with Gasteiger partial charge < -0.3 is 15.4 Å². The summed E-state index contributed by atoms with van der Waals surface area (Å²) in [7, 11) is 0. The zero-order chi connectivity index (χ0) is 18.9. The zero-order valence-electron chi connectivity index (χ0n) is 15.1. The first kappa shape index (κ1) is 19.2. The lowest BCUT2D eigenvalue weighted by Crippen LogP contribution is -2.31. The Bertz CT molecular complexity index is 769. The van der Waals surface area contributed by atoms with E-state index < -0.39 is 6.10 Å². The van der Waals surface area contributed by atoms with Crippen LogP contribution in [0, 0.1) is 0 Å². The first-order valence-electron chi connectivity index (χ1n) is 8.59. The van der Waals surface area contributed by atoms with Crippen molar-refractivity contribution in [2.75, 3.05) is 11.9 Å². The molecule has 0 bridgehead atoms. The van der Waals surface area contributed by atoms with E-state index >= 15 is 0 Å². The number of carbonyl (C=O) groups is 2. The number of para-hydroxylation sites is 1. The van der Waals surface area contributed by atoms with E-state index in [1.54, 1.807) is 37.3 Å². The molecule has 0 aliphatic heterocycles. The number of benzene rings is 2. The molecule has 1 atom stereocenters. The van der Waals surface area contributed by atoms with Gasteiger partial charge in [0.2, 0.25) is 0 Å². The Morgan fingerprint density at radius 1 is 1.15 bits per heavy atom. The van der Waals surface area contributed by atoms with Gasteiger partial charge in [-0.25, -0.2) is 0 Å². The lowest BCUT2D eigenvalue weighted by Gasteiger charge is -2.16. The molecule has 0 heterocycles. The summed E-state index contributed by atoms with van der Waals surface area (Å²) in [6, 6.07) is 14.5. The standard InChI is InChI=1S/C21H24N2O3/c1-4-14-22-21(25)18-8-6-7-9-19(18)23-20(24)15(3)26-17-12-10-16(5-2)11-13-17/h4,6-13,15H,1,5,14H2,2-3H3,(H,22,25)(H,23,24)/t15-/m0/s1. The van der Waals surface area contributed by atoms with Crippen molar-refractivity contribution >= 4 is 17.5 Å². The molecule has 0 saturated carbocycles. The van der Waals surface area contributed by atoms with Crippen molar-refractivity contribution in [3.05, 3.63) is 72.3 Å². The van der Waals surface area contributed by atoms with E-state index in [1.807, 2.05) is 24.3 Å². The number of ether oxygens (including phenoxy) is 1. The predicted octanol–water partition coefficient (Wildman–Crippen LogP) is 3.57. The number of anilines is 1. The molecule has 0 spiro atoms. The molecule has 26 heavy (non-hydrogen) atoms. The van der Waals surface area contributed by atoms with Crippen molar-refractivity contribution in [3.8, 4) is 5.75 Å². The molecule has 2 amide bonds. The number of amides is 2. The van der Waals surface area contributed by atoms with Crippen LogP contribution in [-0.4, -0.2) is 24.5 Å². The summed E-state index contributed by atoms with van der Waals surface area (Å²) in [5, 5.41) is 5.46. The van der Waals surface area contributed by atoms with Gasteiger partial charge in [0.05, 0.1) is 11.3 Å². The zero-order valence-corrected chi connectivity index (χ0v) is 15.1. The third-order valence-electron chi connectivity index (χ3n) is 3.85. The molecule has 0 aliphatic rings. The molecule has 0 unspecified atom stereocenters. The molecule has 2 aromatic carbocycles. The van der Waals surface area contributed by atoms with Gasteiger partial charge in [-0.1, -0.05) is 37.3 Å². The maximum absolute atomic E-state index is 12.4. The van der Waals surface area contributed by atoms with Gasteiger partial charge in [-0.15, -0.1) is 6.58 Å². The number of carbonyl (C=O) groups excluding carboxylic acids is 2. The molecule has 2 aromatic rings. The normalized spacial score (nSPS) is 11.3. The molecule has 0 saturated heterocycles. The first-order valence-corrected chi connectivity index (χ1v) is 8.59. The minimum Gasteiger partial charge on any atom is -0.481 e. The summed E-state index contributed by atoms with van der Waals surface area (Å²) in [5.74, 6) is 0.0277. The van der Waals surface area contributed by atoms with Crippen LogP contribution in [0.15, 0.2) is 61.2 Å².